The maximum atomic E-state index is 12.3. The summed E-state index contributed by atoms with van der Waals surface area (Å²) < 4.78 is 10.9. The minimum Gasteiger partial charge on any atom is -0.480 e. The average molecular weight is 293 g/mol. The van der Waals surface area contributed by atoms with E-state index in [4.69, 9.17) is 4.74 Å². The van der Waals surface area contributed by atoms with Crippen molar-refractivity contribution in [2.75, 3.05) is 20.2 Å². The van der Waals surface area contributed by atoms with Crippen molar-refractivity contribution in [3.05, 3.63) is 22.3 Å². The number of methoxy groups -OCH3 is 1. The molecule has 0 unspecified atom stereocenters. The SMILES string of the molecule is COc1nn(C)c2c1CCN(C(=O)c1csnn1)CC2. The highest BCUT2D eigenvalue weighted by atomic mass is 32.1. The maximum absolute atomic E-state index is 12.3. The van der Waals surface area contributed by atoms with Gasteiger partial charge >= 0.3 is 0 Å². The molecule has 8 heteroatoms. The smallest absolute Gasteiger partial charge is 0.275 e. The van der Waals surface area contributed by atoms with Gasteiger partial charge in [-0.3, -0.25) is 9.48 Å². The molecule has 0 atom stereocenters. The van der Waals surface area contributed by atoms with Crippen LogP contribution in [0.5, 0.6) is 5.88 Å². The van der Waals surface area contributed by atoms with E-state index >= 15 is 0 Å². The van der Waals surface area contributed by atoms with E-state index in [2.05, 4.69) is 14.7 Å². The van der Waals surface area contributed by atoms with Gasteiger partial charge in [0.2, 0.25) is 5.88 Å². The molecular formula is C12H15N5O2S. The number of hydrogen-bond donors (Lipinski definition) is 0. The molecule has 0 spiro atoms. The number of fused-ring (bicyclic) bond motifs is 1. The molecule has 1 amide bonds. The van der Waals surface area contributed by atoms with Gasteiger partial charge in [0.1, 0.15) is 0 Å². The van der Waals surface area contributed by atoms with Crippen molar-refractivity contribution in [3.8, 4) is 5.88 Å². The Bertz CT molecular complexity index is 622. The summed E-state index contributed by atoms with van der Waals surface area (Å²) in [5.74, 6) is 0.602. The minimum absolute atomic E-state index is 0.0570. The fourth-order valence-electron chi connectivity index (χ4n) is 2.53. The fraction of sp³-hybridized carbons (Fsp3) is 0.500. The highest BCUT2D eigenvalue weighted by Crippen LogP contribution is 2.25. The van der Waals surface area contributed by atoms with E-state index in [1.54, 1.807) is 12.5 Å². The molecule has 0 fully saturated rings. The summed E-state index contributed by atoms with van der Waals surface area (Å²) in [7, 11) is 3.53. The summed E-state index contributed by atoms with van der Waals surface area (Å²) in [4.78, 5) is 14.1. The third-order valence-electron chi connectivity index (χ3n) is 3.55. The second-order valence-corrected chi connectivity index (χ2v) is 5.25. The van der Waals surface area contributed by atoms with E-state index in [1.165, 1.54) is 11.5 Å². The molecule has 3 heterocycles. The number of hydrogen-bond acceptors (Lipinski definition) is 6. The predicted octanol–water partition coefficient (Wildman–Crippen LogP) is 0.521. The molecule has 0 saturated carbocycles. The zero-order valence-electron chi connectivity index (χ0n) is 11.4. The first-order valence-electron chi connectivity index (χ1n) is 6.35. The van der Waals surface area contributed by atoms with Crippen molar-refractivity contribution >= 4 is 17.4 Å². The van der Waals surface area contributed by atoms with Crippen LogP contribution in [0.25, 0.3) is 0 Å². The van der Waals surface area contributed by atoms with Gasteiger partial charge in [0, 0.05) is 43.2 Å². The summed E-state index contributed by atoms with van der Waals surface area (Å²) in [6.07, 6.45) is 1.52. The van der Waals surface area contributed by atoms with Crippen molar-refractivity contribution in [3.63, 3.8) is 0 Å². The summed E-state index contributed by atoms with van der Waals surface area (Å²) >= 11 is 1.19. The van der Waals surface area contributed by atoms with E-state index in [-0.39, 0.29) is 5.91 Å². The molecule has 3 rings (SSSR count). The number of amides is 1. The fourth-order valence-corrected chi connectivity index (χ4v) is 2.96. The molecular weight excluding hydrogens is 278 g/mol. The number of carbonyl (C=O) groups is 1. The van der Waals surface area contributed by atoms with Gasteiger partial charge in [-0.1, -0.05) is 4.49 Å². The molecule has 0 N–H and O–H groups in total. The molecule has 1 aliphatic heterocycles. The Hall–Kier alpha value is -1.96. The summed E-state index contributed by atoms with van der Waals surface area (Å²) in [5.41, 5.74) is 2.65. The van der Waals surface area contributed by atoms with Gasteiger partial charge in [-0.25, -0.2) is 0 Å². The van der Waals surface area contributed by atoms with Gasteiger partial charge in [0.05, 0.1) is 7.11 Å². The number of nitrogens with zero attached hydrogens (tertiary/aromatic N) is 5. The number of rotatable bonds is 2. The Morgan fingerprint density at radius 3 is 2.90 bits per heavy atom. The molecule has 0 saturated heterocycles. The van der Waals surface area contributed by atoms with Gasteiger partial charge in [-0.05, 0) is 18.0 Å². The lowest BCUT2D eigenvalue weighted by Crippen LogP contribution is -2.33. The van der Waals surface area contributed by atoms with Crippen LogP contribution < -0.4 is 4.74 Å². The molecule has 0 bridgehead atoms. The van der Waals surface area contributed by atoms with Crippen LogP contribution in [0.2, 0.25) is 0 Å². The first-order chi connectivity index (χ1) is 9.70. The standard InChI is InChI=1S/C12H15N5O2S/c1-16-10-4-6-17(12(18)9-7-20-15-13-9)5-3-8(10)11(14-16)19-2/h7H,3-6H2,1-2H3. The number of aryl methyl sites for hydroxylation is 1. The second-order valence-electron chi connectivity index (χ2n) is 4.64. The zero-order valence-corrected chi connectivity index (χ0v) is 12.2. The quantitative estimate of drug-likeness (QED) is 0.807. The third-order valence-corrected chi connectivity index (χ3v) is 4.05. The summed E-state index contributed by atoms with van der Waals surface area (Å²) in [6.45, 7) is 1.30. The van der Waals surface area contributed by atoms with Gasteiger partial charge in [0.25, 0.3) is 5.91 Å². The number of carbonyl (C=O) groups excluding carboxylic acids is 1. The highest BCUT2D eigenvalue weighted by Gasteiger charge is 2.25. The molecule has 0 radical (unpaired) electrons. The lowest BCUT2D eigenvalue weighted by Gasteiger charge is -2.18. The third kappa shape index (κ3) is 2.15. The van der Waals surface area contributed by atoms with Gasteiger partial charge in [0.15, 0.2) is 5.69 Å². The molecule has 0 aromatic carbocycles. The van der Waals surface area contributed by atoms with Crippen LogP contribution in [0.4, 0.5) is 0 Å². The molecule has 1 aliphatic rings. The second kappa shape index (κ2) is 5.20. The van der Waals surface area contributed by atoms with Crippen LogP contribution in [0.3, 0.4) is 0 Å². The number of ether oxygens (including phenoxy) is 1. The molecule has 106 valence electrons. The van der Waals surface area contributed by atoms with Crippen molar-refractivity contribution in [1.29, 1.82) is 0 Å². The average Bonchev–Trinajstić information content (AvgIpc) is 3.01. The van der Waals surface area contributed by atoms with E-state index in [0.29, 0.717) is 24.7 Å². The van der Waals surface area contributed by atoms with Crippen LogP contribution in [0.15, 0.2) is 5.38 Å². The van der Waals surface area contributed by atoms with Crippen LogP contribution in [-0.2, 0) is 19.9 Å². The molecule has 2 aromatic heterocycles. The van der Waals surface area contributed by atoms with E-state index in [0.717, 1.165) is 24.1 Å². The largest absolute Gasteiger partial charge is 0.480 e. The van der Waals surface area contributed by atoms with Crippen LogP contribution in [-0.4, -0.2) is 50.4 Å². The van der Waals surface area contributed by atoms with Crippen molar-refractivity contribution in [2.24, 2.45) is 7.05 Å². The first kappa shape index (κ1) is 13.0. The zero-order chi connectivity index (χ0) is 14.1. The van der Waals surface area contributed by atoms with Crippen LogP contribution >= 0.6 is 11.5 Å². The molecule has 20 heavy (non-hydrogen) atoms. The highest BCUT2D eigenvalue weighted by molar-refractivity contribution is 7.03. The molecule has 7 nitrogen and oxygen atoms in total. The van der Waals surface area contributed by atoms with E-state index < -0.39 is 0 Å². The number of aromatic nitrogens is 4. The first-order valence-corrected chi connectivity index (χ1v) is 7.19. The topological polar surface area (TPSA) is 73.1 Å². The monoisotopic (exact) mass is 293 g/mol. The van der Waals surface area contributed by atoms with Gasteiger partial charge in [-0.2, -0.15) is 0 Å². The van der Waals surface area contributed by atoms with Crippen LogP contribution in [0.1, 0.15) is 21.7 Å². The Morgan fingerprint density at radius 1 is 1.40 bits per heavy atom. The lowest BCUT2D eigenvalue weighted by atomic mass is 10.1. The van der Waals surface area contributed by atoms with Crippen molar-refractivity contribution in [1.82, 2.24) is 24.3 Å². The predicted molar refractivity (Wildman–Crippen MR) is 73.0 cm³/mol. The minimum atomic E-state index is -0.0570. The Kier molecular flexibility index (Phi) is 3.39. The Labute approximate surface area is 120 Å². The Balaban J connectivity index is 1.81. The summed E-state index contributed by atoms with van der Waals surface area (Å²) in [6, 6.07) is 0. The van der Waals surface area contributed by atoms with Gasteiger partial charge < -0.3 is 9.64 Å². The Morgan fingerprint density at radius 2 is 2.20 bits per heavy atom. The van der Waals surface area contributed by atoms with Crippen molar-refractivity contribution < 1.29 is 9.53 Å². The normalized spacial score (nSPS) is 14.8. The summed E-state index contributed by atoms with van der Waals surface area (Å²) in [5, 5.41) is 9.87. The van der Waals surface area contributed by atoms with Crippen molar-refractivity contribution in [2.45, 2.75) is 12.8 Å². The van der Waals surface area contributed by atoms with Gasteiger partial charge in [-0.15, -0.1) is 10.2 Å². The maximum Gasteiger partial charge on any atom is 0.275 e. The molecule has 0 aliphatic carbocycles. The van der Waals surface area contributed by atoms with Crippen LogP contribution in [0, 0.1) is 0 Å². The lowest BCUT2D eigenvalue weighted by molar-refractivity contribution is 0.0756. The van der Waals surface area contributed by atoms with E-state index in [9.17, 15) is 4.79 Å². The van der Waals surface area contributed by atoms with E-state index in [1.807, 2.05) is 16.6 Å². The molecule has 2 aromatic rings.